The van der Waals surface area contributed by atoms with Gasteiger partial charge in [-0.3, -0.25) is 0 Å². The first-order valence-electron chi connectivity index (χ1n) is 6.27. The Bertz CT molecular complexity index is 504. The lowest BCUT2D eigenvalue weighted by molar-refractivity contribution is 0.243. The van der Waals surface area contributed by atoms with E-state index in [0.717, 1.165) is 13.8 Å². The second-order valence-electron chi connectivity index (χ2n) is 4.83. The molecule has 20 heavy (non-hydrogen) atoms. The van der Waals surface area contributed by atoms with Crippen molar-refractivity contribution in [3.8, 4) is 0 Å². The molecule has 2 aromatic rings. The molecule has 0 amide bonds. The van der Waals surface area contributed by atoms with Gasteiger partial charge < -0.3 is 4.55 Å². The van der Waals surface area contributed by atoms with Gasteiger partial charge in [-0.1, -0.05) is 60.7 Å². The first-order chi connectivity index (χ1) is 9.37. The highest BCUT2D eigenvalue weighted by molar-refractivity contribution is 7.92. The standard InChI is InChI=1S/C16H16F2OS/c1-15(17,13-9-5-3-6-10-13)20(19)16(2,18)14-11-7-4-8-12-14/h3-12H,1-2H3. The van der Waals surface area contributed by atoms with Gasteiger partial charge in [0.2, 0.25) is 0 Å². The van der Waals surface area contributed by atoms with Crippen molar-refractivity contribution in [2.75, 3.05) is 0 Å². The van der Waals surface area contributed by atoms with Crippen LogP contribution in [-0.2, 0) is 21.2 Å². The molecule has 0 aromatic heterocycles. The molecule has 0 saturated carbocycles. The van der Waals surface area contributed by atoms with Crippen molar-refractivity contribution >= 4 is 11.2 Å². The molecule has 2 aromatic carbocycles. The summed E-state index contributed by atoms with van der Waals surface area (Å²) < 4.78 is 42.2. The normalized spacial score (nSPS) is 18.9. The maximum absolute atomic E-state index is 14.9. The number of benzene rings is 2. The van der Waals surface area contributed by atoms with Crippen LogP contribution in [0.15, 0.2) is 60.7 Å². The molecule has 2 rings (SSSR count). The Morgan fingerprint density at radius 2 is 1.05 bits per heavy atom. The van der Waals surface area contributed by atoms with Crippen LogP contribution in [0.2, 0.25) is 0 Å². The highest BCUT2D eigenvalue weighted by Crippen LogP contribution is 2.44. The molecule has 0 fully saturated rings. The van der Waals surface area contributed by atoms with Crippen molar-refractivity contribution in [3.63, 3.8) is 0 Å². The minimum atomic E-state index is -2.38. The molecule has 0 aliphatic heterocycles. The highest BCUT2D eigenvalue weighted by atomic mass is 32.2. The van der Waals surface area contributed by atoms with Crippen molar-refractivity contribution in [3.05, 3.63) is 71.8 Å². The fourth-order valence-electron chi connectivity index (χ4n) is 2.05. The summed E-state index contributed by atoms with van der Waals surface area (Å²) in [5.41, 5.74) is 0.413. The zero-order chi connectivity index (χ0) is 14.8. The summed E-state index contributed by atoms with van der Waals surface area (Å²) in [6, 6.07) is 16.1. The van der Waals surface area contributed by atoms with Crippen LogP contribution < -0.4 is 0 Å². The second kappa shape index (κ2) is 5.54. The predicted molar refractivity (Wildman–Crippen MR) is 77.9 cm³/mol. The van der Waals surface area contributed by atoms with E-state index < -0.39 is 21.2 Å². The van der Waals surface area contributed by atoms with Crippen LogP contribution >= 0.6 is 0 Å². The van der Waals surface area contributed by atoms with Crippen LogP contribution in [0.3, 0.4) is 0 Å². The topological polar surface area (TPSA) is 23.1 Å². The van der Waals surface area contributed by atoms with E-state index in [9.17, 15) is 13.3 Å². The summed E-state index contributed by atoms with van der Waals surface area (Å²) in [6.07, 6.45) is 0. The lowest BCUT2D eigenvalue weighted by Crippen LogP contribution is -2.40. The van der Waals surface area contributed by atoms with Gasteiger partial charge in [0.05, 0.1) is 0 Å². The van der Waals surface area contributed by atoms with Crippen LogP contribution in [0.1, 0.15) is 25.0 Å². The van der Waals surface area contributed by atoms with E-state index in [0.29, 0.717) is 0 Å². The highest BCUT2D eigenvalue weighted by Gasteiger charge is 2.52. The van der Waals surface area contributed by atoms with Gasteiger partial charge in [-0.15, -0.1) is 0 Å². The first-order valence-corrected chi connectivity index (χ1v) is 7.42. The van der Waals surface area contributed by atoms with Gasteiger partial charge in [-0.25, -0.2) is 0 Å². The molecule has 2 unspecified atom stereocenters. The van der Waals surface area contributed by atoms with E-state index in [-0.39, 0.29) is 11.1 Å². The molecular formula is C16H16F2OS. The molecular weight excluding hydrogens is 278 g/mol. The molecule has 0 heterocycles. The maximum Gasteiger partial charge on any atom is 0.288 e. The molecule has 0 bridgehead atoms. The Morgan fingerprint density at radius 1 is 0.750 bits per heavy atom. The Balaban J connectivity index is 2.37. The number of alkyl halides is 2. The lowest BCUT2D eigenvalue weighted by Gasteiger charge is -2.33. The fraction of sp³-hybridized carbons (Fsp3) is 0.250. The van der Waals surface area contributed by atoms with Crippen molar-refractivity contribution in [1.29, 1.82) is 0 Å². The summed E-state index contributed by atoms with van der Waals surface area (Å²) in [5, 5.41) is -4.53. The average Bonchev–Trinajstić information content (AvgIpc) is 2.48. The van der Waals surface area contributed by atoms with Crippen LogP contribution in [0.5, 0.6) is 0 Å². The summed E-state index contributed by atoms with van der Waals surface area (Å²) in [5.74, 6) is 0. The van der Waals surface area contributed by atoms with Crippen molar-refractivity contribution in [1.82, 2.24) is 0 Å². The van der Waals surface area contributed by atoms with Gasteiger partial charge in [0.15, 0.2) is 0 Å². The Hall–Kier alpha value is -1.39. The van der Waals surface area contributed by atoms with Gasteiger partial charge in [0, 0.05) is 36.2 Å². The smallest absolute Gasteiger partial charge is 0.288 e. The van der Waals surface area contributed by atoms with E-state index in [1.807, 2.05) is 0 Å². The zero-order valence-electron chi connectivity index (χ0n) is 11.3. The van der Waals surface area contributed by atoms with E-state index in [2.05, 4.69) is 0 Å². The van der Waals surface area contributed by atoms with Gasteiger partial charge >= 0.3 is 0 Å². The molecule has 0 aliphatic carbocycles. The number of rotatable bonds is 4. The Kier molecular flexibility index (Phi) is 4.16. The third-order valence-electron chi connectivity index (χ3n) is 3.28. The predicted octanol–water partition coefficient (Wildman–Crippen LogP) is 4.42. The summed E-state index contributed by atoms with van der Waals surface area (Å²) >= 11 is -2.38. The van der Waals surface area contributed by atoms with Gasteiger partial charge in [0.25, 0.3) is 10.0 Å². The van der Waals surface area contributed by atoms with E-state index in [1.54, 1.807) is 36.4 Å². The Labute approximate surface area is 120 Å². The minimum absolute atomic E-state index is 0.207. The van der Waals surface area contributed by atoms with E-state index in [4.69, 9.17) is 0 Å². The van der Waals surface area contributed by atoms with Crippen LogP contribution in [0.4, 0.5) is 8.78 Å². The molecule has 0 spiro atoms. The zero-order valence-corrected chi connectivity index (χ0v) is 12.2. The Morgan fingerprint density at radius 3 is 1.35 bits per heavy atom. The van der Waals surface area contributed by atoms with Crippen LogP contribution in [-0.4, -0.2) is 4.55 Å². The summed E-state index contributed by atoms with van der Waals surface area (Å²) in [7, 11) is 0. The quantitative estimate of drug-likeness (QED) is 0.765. The number of halogens is 2. The molecule has 106 valence electrons. The largest absolute Gasteiger partial charge is 0.611 e. The molecule has 0 radical (unpaired) electrons. The van der Waals surface area contributed by atoms with E-state index >= 15 is 0 Å². The second-order valence-corrected chi connectivity index (χ2v) is 6.91. The van der Waals surface area contributed by atoms with Crippen molar-refractivity contribution in [2.45, 2.75) is 23.8 Å². The SMILES string of the molecule is CC(F)(c1ccccc1)[S+]([O-])C(C)(F)c1ccccc1. The van der Waals surface area contributed by atoms with Gasteiger partial charge in [-0.2, -0.15) is 8.78 Å². The van der Waals surface area contributed by atoms with Gasteiger partial charge in [0.1, 0.15) is 0 Å². The number of hydrogen-bond donors (Lipinski definition) is 0. The average molecular weight is 294 g/mol. The van der Waals surface area contributed by atoms with Crippen LogP contribution in [0, 0.1) is 0 Å². The molecule has 1 nitrogen and oxygen atoms in total. The van der Waals surface area contributed by atoms with Crippen molar-refractivity contribution < 1.29 is 13.3 Å². The molecule has 2 atom stereocenters. The molecule has 0 aliphatic rings. The number of hydrogen-bond acceptors (Lipinski definition) is 1. The third kappa shape index (κ3) is 2.72. The summed E-state index contributed by atoms with van der Waals surface area (Å²) in [6.45, 7) is 2.30. The lowest BCUT2D eigenvalue weighted by atomic mass is 10.1. The third-order valence-corrected chi connectivity index (χ3v) is 5.14. The maximum atomic E-state index is 14.9. The monoisotopic (exact) mass is 294 g/mol. The summed E-state index contributed by atoms with van der Waals surface area (Å²) in [4.78, 5) is 0. The van der Waals surface area contributed by atoms with E-state index in [1.165, 1.54) is 24.3 Å². The van der Waals surface area contributed by atoms with Crippen molar-refractivity contribution in [2.24, 2.45) is 0 Å². The molecule has 0 saturated heterocycles. The fourth-order valence-corrected chi connectivity index (χ4v) is 3.47. The van der Waals surface area contributed by atoms with Gasteiger partial charge in [-0.05, 0) is 0 Å². The first kappa shape index (κ1) is 15.0. The molecule has 0 N–H and O–H groups in total. The van der Waals surface area contributed by atoms with Crippen LogP contribution in [0.25, 0.3) is 0 Å². The molecule has 4 heteroatoms. The minimum Gasteiger partial charge on any atom is -0.611 e.